The number of guanidine groups is 1. The van der Waals surface area contributed by atoms with E-state index in [9.17, 15) is 4.79 Å². The van der Waals surface area contributed by atoms with Crippen LogP contribution >= 0.6 is 24.0 Å². The Hall–Kier alpha value is -1.31. The van der Waals surface area contributed by atoms with Crippen LogP contribution in [0.4, 0.5) is 0 Å². The summed E-state index contributed by atoms with van der Waals surface area (Å²) in [6, 6.07) is 8.47. The lowest BCUT2D eigenvalue weighted by Gasteiger charge is -2.12. The van der Waals surface area contributed by atoms with Gasteiger partial charge in [0.15, 0.2) is 5.96 Å². The van der Waals surface area contributed by atoms with E-state index < -0.39 is 0 Å². The van der Waals surface area contributed by atoms with Crippen LogP contribution in [-0.2, 0) is 16.1 Å². The number of rotatable bonds is 9. The molecule has 0 saturated heterocycles. The molecule has 1 aromatic carbocycles. The number of carbonyl (C=O) groups is 1. The summed E-state index contributed by atoms with van der Waals surface area (Å²) in [6.07, 6.45) is 4.62. The first-order valence-electron chi connectivity index (χ1n) is 8.22. The summed E-state index contributed by atoms with van der Waals surface area (Å²) in [5.74, 6) is 0.698. The Labute approximate surface area is 162 Å². The second-order valence-electron chi connectivity index (χ2n) is 5.58. The number of nitrogens with one attached hydrogen (secondary N) is 2. The Morgan fingerprint density at radius 3 is 2.38 bits per heavy atom. The number of unbranched alkanes of at least 4 members (excludes halogenated alkanes) is 3. The van der Waals surface area contributed by atoms with Crippen LogP contribution in [0.25, 0.3) is 0 Å². The standard InChI is InChI=1S/C18H29N3O2.HI/c1-15-9-11-16(12-10-15)14-21-18(19-2)20-13-7-5-4-6-8-17(22)23-3;/h9-12H,4-8,13-14H2,1-3H3,(H2,19,20,21);1H. The van der Waals surface area contributed by atoms with Crippen LogP contribution < -0.4 is 10.6 Å². The Morgan fingerprint density at radius 2 is 1.75 bits per heavy atom. The molecule has 0 heterocycles. The number of benzene rings is 1. The lowest BCUT2D eigenvalue weighted by molar-refractivity contribution is -0.140. The van der Waals surface area contributed by atoms with Gasteiger partial charge in [0.1, 0.15) is 0 Å². The molecule has 1 aromatic rings. The molecule has 0 amide bonds. The van der Waals surface area contributed by atoms with E-state index in [4.69, 9.17) is 0 Å². The Balaban J connectivity index is 0.00000529. The summed E-state index contributed by atoms with van der Waals surface area (Å²) in [6.45, 7) is 3.73. The molecule has 0 aromatic heterocycles. The van der Waals surface area contributed by atoms with Crippen LogP contribution in [0.15, 0.2) is 29.3 Å². The van der Waals surface area contributed by atoms with Crippen LogP contribution in [0.2, 0.25) is 0 Å². The second kappa shape index (κ2) is 14.1. The van der Waals surface area contributed by atoms with Crippen LogP contribution in [0.1, 0.15) is 43.2 Å². The maximum atomic E-state index is 11.0. The fraction of sp³-hybridized carbons (Fsp3) is 0.556. The highest BCUT2D eigenvalue weighted by atomic mass is 127. The molecular formula is C18H30IN3O2. The molecule has 24 heavy (non-hydrogen) atoms. The van der Waals surface area contributed by atoms with Crippen LogP contribution in [-0.4, -0.2) is 32.6 Å². The van der Waals surface area contributed by atoms with Gasteiger partial charge in [0.05, 0.1) is 7.11 Å². The molecule has 0 aliphatic rings. The van der Waals surface area contributed by atoms with Crippen molar-refractivity contribution in [3.8, 4) is 0 Å². The van der Waals surface area contributed by atoms with Crippen LogP contribution in [0.5, 0.6) is 0 Å². The number of aliphatic imine (C=N–C) groups is 1. The van der Waals surface area contributed by atoms with Gasteiger partial charge in [-0.25, -0.2) is 0 Å². The average molecular weight is 447 g/mol. The Morgan fingerprint density at radius 1 is 1.08 bits per heavy atom. The molecule has 0 radical (unpaired) electrons. The normalized spacial score (nSPS) is 10.7. The van der Waals surface area contributed by atoms with Crippen LogP contribution in [0, 0.1) is 6.92 Å². The summed E-state index contributed by atoms with van der Waals surface area (Å²) >= 11 is 0. The predicted molar refractivity (Wildman–Crippen MR) is 110 cm³/mol. The lowest BCUT2D eigenvalue weighted by atomic mass is 10.1. The first-order valence-corrected chi connectivity index (χ1v) is 8.22. The minimum absolute atomic E-state index is 0. The number of halogens is 1. The van der Waals surface area contributed by atoms with Crippen molar-refractivity contribution in [3.63, 3.8) is 0 Å². The molecule has 6 heteroatoms. The minimum Gasteiger partial charge on any atom is -0.469 e. The molecule has 1 rings (SSSR count). The summed E-state index contributed by atoms with van der Waals surface area (Å²) in [5.41, 5.74) is 2.50. The number of hydrogen-bond donors (Lipinski definition) is 2. The van der Waals surface area contributed by atoms with Crippen molar-refractivity contribution in [2.24, 2.45) is 4.99 Å². The Bertz CT molecular complexity index is 490. The zero-order valence-electron chi connectivity index (χ0n) is 14.9. The highest BCUT2D eigenvalue weighted by molar-refractivity contribution is 14.0. The summed E-state index contributed by atoms with van der Waals surface area (Å²) in [7, 11) is 3.21. The first-order chi connectivity index (χ1) is 11.2. The van der Waals surface area contributed by atoms with Crippen molar-refractivity contribution in [1.82, 2.24) is 10.6 Å². The van der Waals surface area contributed by atoms with Crippen molar-refractivity contribution in [1.29, 1.82) is 0 Å². The number of nitrogens with zero attached hydrogens (tertiary/aromatic N) is 1. The number of methoxy groups -OCH3 is 1. The molecule has 0 aliphatic heterocycles. The van der Waals surface area contributed by atoms with E-state index >= 15 is 0 Å². The SMILES string of the molecule is CN=C(NCCCCCCC(=O)OC)NCc1ccc(C)cc1.I. The van der Waals surface area contributed by atoms with E-state index in [1.54, 1.807) is 7.05 Å². The topological polar surface area (TPSA) is 62.7 Å². The van der Waals surface area contributed by atoms with Crippen molar-refractivity contribution in [2.45, 2.75) is 45.6 Å². The van der Waals surface area contributed by atoms with E-state index in [0.29, 0.717) is 6.42 Å². The van der Waals surface area contributed by atoms with E-state index in [0.717, 1.165) is 44.7 Å². The average Bonchev–Trinajstić information content (AvgIpc) is 2.57. The summed E-state index contributed by atoms with van der Waals surface area (Å²) in [5, 5.41) is 6.62. The third kappa shape index (κ3) is 10.5. The van der Waals surface area contributed by atoms with E-state index in [1.807, 2.05) is 0 Å². The van der Waals surface area contributed by atoms with Crippen molar-refractivity contribution in [2.75, 3.05) is 20.7 Å². The highest BCUT2D eigenvalue weighted by Crippen LogP contribution is 2.04. The first kappa shape index (κ1) is 22.7. The second-order valence-corrected chi connectivity index (χ2v) is 5.58. The molecule has 2 N–H and O–H groups in total. The molecule has 0 atom stereocenters. The van der Waals surface area contributed by atoms with Crippen molar-refractivity contribution in [3.05, 3.63) is 35.4 Å². The molecule has 0 fully saturated rings. The third-order valence-electron chi connectivity index (χ3n) is 3.63. The number of esters is 1. The van der Waals surface area contributed by atoms with Gasteiger partial charge >= 0.3 is 5.97 Å². The maximum absolute atomic E-state index is 11.0. The molecule has 0 aliphatic carbocycles. The highest BCUT2D eigenvalue weighted by Gasteiger charge is 2.00. The van der Waals surface area contributed by atoms with Gasteiger partial charge in [-0.3, -0.25) is 9.79 Å². The van der Waals surface area contributed by atoms with Crippen molar-refractivity contribution >= 4 is 35.9 Å². The predicted octanol–water partition coefficient (Wildman–Crippen LogP) is 3.40. The number of ether oxygens (including phenoxy) is 1. The van der Waals surface area contributed by atoms with Crippen LogP contribution in [0.3, 0.4) is 0 Å². The quantitative estimate of drug-likeness (QED) is 0.200. The molecule has 0 unspecified atom stereocenters. The van der Waals surface area contributed by atoms with E-state index in [2.05, 4.69) is 51.6 Å². The summed E-state index contributed by atoms with van der Waals surface area (Å²) < 4.78 is 4.62. The molecule has 136 valence electrons. The fourth-order valence-electron chi connectivity index (χ4n) is 2.17. The summed E-state index contributed by atoms with van der Waals surface area (Å²) in [4.78, 5) is 15.2. The number of aryl methyl sites for hydroxylation is 1. The monoisotopic (exact) mass is 447 g/mol. The smallest absolute Gasteiger partial charge is 0.305 e. The van der Waals surface area contributed by atoms with Gasteiger partial charge in [0.2, 0.25) is 0 Å². The molecule has 0 saturated carbocycles. The molecule has 5 nitrogen and oxygen atoms in total. The zero-order valence-corrected chi connectivity index (χ0v) is 17.3. The lowest BCUT2D eigenvalue weighted by Crippen LogP contribution is -2.37. The van der Waals surface area contributed by atoms with Crippen molar-refractivity contribution < 1.29 is 9.53 Å². The van der Waals surface area contributed by atoms with Gasteiger partial charge in [0.25, 0.3) is 0 Å². The maximum Gasteiger partial charge on any atom is 0.305 e. The largest absolute Gasteiger partial charge is 0.469 e. The zero-order chi connectivity index (χ0) is 16.9. The van der Waals surface area contributed by atoms with Gasteiger partial charge in [-0.1, -0.05) is 42.7 Å². The minimum atomic E-state index is -0.121. The number of carbonyl (C=O) groups excluding carboxylic acids is 1. The molecule has 0 spiro atoms. The van der Waals surface area contributed by atoms with Gasteiger partial charge in [-0.2, -0.15) is 0 Å². The van der Waals surface area contributed by atoms with E-state index in [1.165, 1.54) is 18.2 Å². The Kier molecular flexibility index (Phi) is 13.3. The fourth-order valence-corrected chi connectivity index (χ4v) is 2.17. The van der Waals surface area contributed by atoms with Gasteiger partial charge in [-0.15, -0.1) is 24.0 Å². The van der Waals surface area contributed by atoms with Gasteiger partial charge in [-0.05, 0) is 25.3 Å². The third-order valence-corrected chi connectivity index (χ3v) is 3.63. The van der Waals surface area contributed by atoms with E-state index in [-0.39, 0.29) is 29.9 Å². The molecule has 0 bridgehead atoms. The van der Waals surface area contributed by atoms with Gasteiger partial charge < -0.3 is 15.4 Å². The molecular weight excluding hydrogens is 417 g/mol. The van der Waals surface area contributed by atoms with Gasteiger partial charge in [0, 0.05) is 26.6 Å². The number of hydrogen-bond acceptors (Lipinski definition) is 3.